The van der Waals surface area contributed by atoms with E-state index in [0.29, 0.717) is 5.69 Å². The van der Waals surface area contributed by atoms with Gasteiger partial charge in [0.1, 0.15) is 18.0 Å². The van der Waals surface area contributed by atoms with Gasteiger partial charge in [0.05, 0.1) is 23.6 Å². The molecular weight excluding hydrogens is 364 g/mol. The van der Waals surface area contributed by atoms with Crippen LogP contribution in [0.2, 0.25) is 0 Å². The van der Waals surface area contributed by atoms with E-state index in [1.807, 2.05) is 0 Å². The maximum atomic E-state index is 12.5. The van der Waals surface area contributed by atoms with E-state index >= 15 is 0 Å². The Labute approximate surface area is 146 Å². The lowest BCUT2D eigenvalue weighted by atomic mass is 10.2. The van der Waals surface area contributed by atoms with E-state index in [9.17, 15) is 18.0 Å². The molecule has 11 heteroatoms. The molecule has 3 rings (SSSR count). The fourth-order valence-electron chi connectivity index (χ4n) is 2.33. The van der Waals surface area contributed by atoms with Crippen molar-refractivity contribution in [2.75, 3.05) is 11.9 Å². The van der Waals surface area contributed by atoms with Gasteiger partial charge in [0.2, 0.25) is 15.7 Å². The van der Waals surface area contributed by atoms with Crippen molar-refractivity contribution < 1.29 is 22.7 Å². The number of nitrogens with one attached hydrogen (secondary N) is 1. The summed E-state index contributed by atoms with van der Waals surface area (Å²) in [5.74, 6) is -0.632. The van der Waals surface area contributed by atoms with E-state index in [2.05, 4.69) is 10.3 Å². The van der Waals surface area contributed by atoms with Crippen LogP contribution in [-0.2, 0) is 16.6 Å². The second-order valence-electron chi connectivity index (χ2n) is 5.32. The highest BCUT2D eigenvalue weighted by Gasteiger charge is 2.19. The van der Waals surface area contributed by atoms with E-state index in [1.54, 1.807) is 0 Å². The summed E-state index contributed by atoms with van der Waals surface area (Å²) in [6.45, 7) is -0.230. The Bertz CT molecular complexity index is 1130. The second-order valence-corrected chi connectivity index (χ2v) is 6.88. The van der Waals surface area contributed by atoms with Crippen molar-refractivity contribution in [1.29, 1.82) is 0 Å². The van der Waals surface area contributed by atoms with Gasteiger partial charge >= 0.3 is 0 Å². The summed E-state index contributed by atoms with van der Waals surface area (Å²) >= 11 is 0. The van der Waals surface area contributed by atoms with Crippen LogP contribution in [0.1, 0.15) is 10.4 Å². The minimum absolute atomic E-state index is 0.00101. The van der Waals surface area contributed by atoms with E-state index in [1.165, 1.54) is 30.6 Å². The number of hydrogen-bond donors (Lipinski definition) is 3. The zero-order chi connectivity index (χ0) is 18.9. The molecule has 0 bridgehead atoms. The molecule has 10 nitrogen and oxygen atoms in total. The summed E-state index contributed by atoms with van der Waals surface area (Å²) in [7, 11) is -3.84. The molecule has 1 aromatic carbocycles. The Morgan fingerprint density at radius 2 is 2.00 bits per heavy atom. The van der Waals surface area contributed by atoms with Gasteiger partial charge in [-0.25, -0.2) is 18.5 Å². The fourth-order valence-corrected chi connectivity index (χ4v) is 2.84. The minimum atomic E-state index is -3.84. The van der Waals surface area contributed by atoms with Crippen molar-refractivity contribution in [3.63, 3.8) is 0 Å². The van der Waals surface area contributed by atoms with Crippen LogP contribution in [0.15, 0.2) is 51.0 Å². The number of fused-ring (bicyclic) bond motifs is 1. The predicted molar refractivity (Wildman–Crippen MR) is 91.1 cm³/mol. The van der Waals surface area contributed by atoms with Crippen molar-refractivity contribution >= 4 is 32.7 Å². The predicted octanol–water partition coefficient (Wildman–Crippen LogP) is -0.118. The summed E-state index contributed by atoms with van der Waals surface area (Å²) in [6, 6.07) is 5.22. The van der Waals surface area contributed by atoms with Gasteiger partial charge in [0.25, 0.3) is 11.5 Å². The van der Waals surface area contributed by atoms with Gasteiger partial charge in [-0.2, -0.15) is 0 Å². The minimum Gasteiger partial charge on any atom is -0.445 e. The molecule has 0 fully saturated rings. The van der Waals surface area contributed by atoms with Crippen LogP contribution in [-0.4, -0.2) is 35.6 Å². The van der Waals surface area contributed by atoms with E-state index in [0.717, 1.165) is 10.8 Å². The maximum absolute atomic E-state index is 12.5. The Balaban J connectivity index is 1.93. The number of carbonyl (C=O) groups is 1. The average molecular weight is 378 g/mol. The number of carbonyl (C=O) groups excluding carboxylic acids is 1. The van der Waals surface area contributed by atoms with Crippen LogP contribution in [0.4, 0.5) is 5.69 Å². The highest BCUT2D eigenvalue weighted by Crippen LogP contribution is 2.18. The number of hydrogen-bond acceptors (Lipinski definition) is 7. The highest BCUT2D eigenvalue weighted by atomic mass is 32.2. The lowest BCUT2D eigenvalue weighted by Gasteiger charge is -2.05. The number of aliphatic hydroxyl groups excluding tert-OH is 1. The Kier molecular flexibility index (Phi) is 4.59. The van der Waals surface area contributed by atoms with E-state index in [-0.39, 0.29) is 34.7 Å². The summed E-state index contributed by atoms with van der Waals surface area (Å²) in [5, 5.41) is 16.5. The molecule has 0 saturated heterocycles. The van der Waals surface area contributed by atoms with Gasteiger partial charge in [-0.3, -0.25) is 14.2 Å². The van der Waals surface area contributed by atoms with Crippen molar-refractivity contribution in [2.24, 2.45) is 5.14 Å². The highest BCUT2D eigenvalue weighted by molar-refractivity contribution is 7.89. The number of aliphatic hydroxyl groups is 1. The third-order valence-electron chi connectivity index (χ3n) is 3.59. The summed E-state index contributed by atoms with van der Waals surface area (Å²) < 4.78 is 28.8. The van der Waals surface area contributed by atoms with Crippen molar-refractivity contribution in [1.82, 2.24) is 9.55 Å². The molecule has 136 valence electrons. The Hall–Kier alpha value is -3.02. The first-order valence-electron chi connectivity index (χ1n) is 7.33. The lowest BCUT2D eigenvalue weighted by Crippen LogP contribution is -2.23. The van der Waals surface area contributed by atoms with Crippen LogP contribution >= 0.6 is 0 Å². The molecule has 2 aromatic heterocycles. The number of aromatic nitrogens is 2. The monoisotopic (exact) mass is 378 g/mol. The van der Waals surface area contributed by atoms with Crippen LogP contribution in [0.3, 0.4) is 0 Å². The van der Waals surface area contributed by atoms with Gasteiger partial charge in [-0.1, -0.05) is 0 Å². The average Bonchev–Trinajstić information content (AvgIpc) is 3.02. The zero-order valence-electron chi connectivity index (χ0n) is 13.2. The van der Waals surface area contributed by atoms with E-state index < -0.39 is 21.5 Å². The molecule has 0 radical (unpaired) electrons. The smallest absolute Gasteiger partial charge is 0.265 e. The fraction of sp³-hybridized carbons (Fsp3) is 0.133. The molecule has 0 aliphatic carbocycles. The first kappa shape index (κ1) is 17.8. The van der Waals surface area contributed by atoms with Crippen LogP contribution in [0, 0.1) is 0 Å². The molecule has 0 spiro atoms. The zero-order valence-corrected chi connectivity index (χ0v) is 14.1. The van der Waals surface area contributed by atoms with Crippen molar-refractivity contribution in [3.05, 3.63) is 52.8 Å². The number of amides is 1. The second kappa shape index (κ2) is 6.71. The molecule has 1 amide bonds. The molecule has 0 saturated carbocycles. The maximum Gasteiger partial charge on any atom is 0.265 e. The Morgan fingerprint density at radius 1 is 1.31 bits per heavy atom. The van der Waals surface area contributed by atoms with Gasteiger partial charge in [-0.05, 0) is 24.3 Å². The number of sulfonamides is 1. The first-order chi connectivity index (χ1) is 12.3. The van der Waals surface area contributed by atoms with Crippen molar-refractivity contribution in [3.8, 4) is 0 Å². The number of anilines is 1. The van der Waals surface area contributed by atoms with Gasteiger partial charge in [0, 0.05) is 5.69 Å². The van der Waals surface area contributed by atoms with E-state index in [4.69, 9.17) is 14.7 Å². The van der Waals surface area contributed by atoms with Crippen LogP contribution < -0.4 is 16.0 Å². The standard InChI is InChI=1S/C15H14N4O6S/c16-26(23,24)10-3-1-9(2-4-10)18-13(21)11-7-25-14-12(11)15(22)19(5-6-20)8-17-14/h1-4,7-8,20H,5-6H2,(H,18,21)(H2,16,23,24). The number of furan rings is 1. The number of rotatable bonds is 5. The first-order valence-corrected chi connectivity index (χ1v) is 8.87. The third-order valence-corrected chi connectivity index (χ3v) is 4.52. The largest absolute Gasteiger partial charge is 0.445 e. The molecular formula is C15H14N4O6S. The molecule has 0 aliphatic heterocycles. The van der Waals surface area contributed by atoms with Gasteiger partial charge < -0.3 is 14.8 Å². The SMILES string of the molecule is NS(=O)(=O)c1ccc(NC(=O)c2coc3ncn(CCO)c(=O)c23)cc1. The molecule has 4 N–H and O–H groups in total. The van der Waals surface area contributed by atoms with Crippen molar-refractivity contribution in [2.45, 2.75) is 11.4 Å². The number of benzene rings is 1. The third kappa shape index (κ3) is 3.35. The molecule has 0 atom stereocenters. The van der Waals surface area contributed by atoms with Crippen LogP contribution in [0.5, 0.6) is 0 Å². The Morgan fingerprint density at radius 3 is 2.62 bits per heavy atom. The number of primary sulfonamides is 1. The molecule has 26 heavy (non-hydrogen) atoms. The van der Waals surface area contributed by atoms with Gasteiger partial charge in [-0.15, -0.1) is 0 Å². The molecule has 0 aliphatic rings. The molecule has 2 heterocycles. The quantitative estimate of drug-likeness (QED) is 0.558. The molecule has 3 aromatic rings. The summed E-state index contributed by atoms with van der Waals surface area (Å²) in [6.07, 6.45) is 2.33. The van der Waals surface area contributed by atoms with Gasteiger partial charge in [0.15, 0.2) is 0 Å². The number of nitrogens with zero attached hydrogens (tertiary/aromatic N) is 2. The number of nitrogens with two attached hydrogens (primary N) is 1. The lowest BCUT2D eigenvalue weighted by molar-refractivity contribution is 0.102. The summed E-state index contributed by atoms with van der Waals surface area (Å²) in [4.78, 5) is 28.7. The topological polar surface area (TPSA) is 158 Å². The summed E-state index contributed by atoms with van der Waals surface area (Å²) in [5.41, 5.74) is -0.247. The normalized spacial score (nSPS) is 11.6. The molecule has 0 unspecified atom stereocenters. The van der Waals surface area contributed by atoms with Crippen LogP contribution in [0.25, 0.3) is 11.1 Å².